The molecule has 72 heavy (non-hydrogen) atoms. The van der Waals surface area contributed by atoms with Gasteiger partial charge in [0.1, 0.15) is 0 Å². The van der Waals surface area contributed by atoms with Gasteiger partial charge in [0.25, 0.3) is 0 Å². The summed E-state index contributed by atoms with van der Waals surface area (Å²) >= 11 is 0. The Morgan fingerprint density at radius 3 is 1.67 bits per heavy atom. The van der Waals surface area contributed by atoms with Crippen molar-refractivity contribution >= 4 is 49.6 Å². The Balaban J connectivity index is 1.01. The molecule has 340 valence electrons. The Hall–Kier alpha value is -9.24. The number of rotatable bonds is 10. The number of anilines is 3. The Bertz CT molecular complexity index is 3980. The van der Waals surface area contributed by atoms with Crippen molar-refractivity contribution in [3.05, 3.63) is 291 Å². The molecule has 0 saturated carbocycles. The van der Waals surface area contributed by atoms with Crippen LogP contribution in [0.15, 0.2) is 285 Å². The second kappa shape index (κ2) is 18.6. The summed E-state index contributed by atoms with van der Waals surface area (Å²) in [7, 11) is 0. The average molecular weight is 919 g/mol. The number of benzene rings is 11. The molecule has 13 rings (SSSR count). The summed E-state index contributed by atoms with van der Waals surface area (Å²) in [4.78, 5) is 2.44. The SMILES string of the molecule is C1=CCC(c2ccc(-c3ccc(N(c4cccc(-c5ccccc5)c4)c4ccc(-c5cccc(-c6ccccc6)c5-n5c6ccccc6c6c7ccccc7ccc65)cc4-c4ccccc4)cc3)cc2)C=C1. The van der Waals surface area contributed by atoms with Gasteiger partial charge in [0.05, 0.1) is 22.4 Å². The van der Waals surface area contributed by atoms with Gasteiger partial charge >= 0.3 is 0 Å². The number of hydrogen-bond acceptors (Lipinski definition) is 1. The van der Waals surface area contributed by atoms with Gasteiger partial charge in [-0.05, 0) is 110 Å². The molecule has 1 aromatic heterocycles. The number of fused-ring (bicyclic) bond motifs is 5. The Labute approximate surface area is 421 Å². The lowest BCUT2D eigenvalue weighted by Crippen LogP contribution is -2.11. The third-order valence-electron chi connectivity index (χ3n) is 14.5. The first-order chi connectivity index (χ1) is 35.7. The highest BCUT2D eigenvalue weighted by Gasteiger charge is 2.24. The molecule has 1 aliphatic carbocycles. The van der Waals surface area contributed by atoms with Gasteiger partial charge in [0, 0.05) is 44.8 Å². The van der Waals surface area contributed by atoms with Crippen molar-refractivity contribution in [2.45, 2.75) is 12.3 Å². The minimum Gasteiger partial charge on any atom is -0.310 e. The van der Waals surface area contributed by atoms with E-state index >= 15 is 0 Å². The van der Waals surface area contributed by atoms with E-state index in [0.717, 1.165) is 57.0 Å². The van der Waals surface area contributed by atoms with Gasteiger partial charge in [-0.3, -0.25) is 0 Å². The maximum absolute atomic E-state index is 2.52. The summed E-state index contributed by atoms with van der Waals surface area (Å²) in [6.45, 7) is 0. The standard InChI is InChI=1S/C70H50N2/c1-5-19-49(20-6-1)51-35-37-52(38-36-51)53-39-43-59(44-40-53)71(60-29-17-28-57(47-60)50-21-7-2-8-22-50)67-45-42-58(48-65(67)55-25-11-4-12-26-55)63-33-18-32-62(54-23-9-3-10-24-54)70(63)72-66-34-16-15-31-64(66)69-61-30-14-13-27-56(61)41-46-68(69)72/h1-19,21-49H,20H2. The van der Waals surface area contributed by atoms with Gasteiger partial charge in [0.15, 0.2) is 0 Å². The molecule has 0 amide bonds. The Kier molecular flexibility index (Phi) is 11.1. The summed E-state index contributed by atoms with van der Waals surface area (Å²) in [6, 6.07) is 95.8. The summed E-state index contributed by atoms with van der Waals surface area (Å²) < 4.78 is 2.52. The molecule has 0 radical (unpaired) electrons. The van der Waals surface area contributed by atoms with E-state index in [0.29, 0.717) is 5.92 Å². The highest BCUT2D eigenvalue weighted by atomic mass is 15.1. The first-order valence-electron chi connectivity index (χ1n) is 25.0. The van der Waals surface area contributed by atoms with Gasteiger partial charge in [-0.15, -0.1) is 0 Å². The normalized spacial score (nSPS) is 13.2. The molecule has 0 spiro atoms. The van der Waals surface area contributed by atoms with Gasteiger partial charge in [-0.1, -0.05) is 237 Å². The van der Waals surface area contributed by atoms with Crippen molar-refractivity contribution in [2.75, 3.05) is 4.90 Å². The number of para-hydroxylation sites is 2. The monoisotopic (exact) mass is 918 g/mol. The largest absolute Gasteiger partial charge is 0.310 e. The minimum atomic E-state index is 0.422. The van der Waals surface area contributed by atoms with Crippen LogP contribution in [0.1, 0.15) is 17.9 Å². The van der Waals surface area contributed by atoms with Crippen LogP contribution in [0.25, 0.3) is 93.9 Å². The zero-order chi connectivity index (χ0) is 47.8. The lowest BCUT2D eigenvalue weighted by atomic mass is 9.91. The summed E-state index contributed by atoms with van der Waals surface area (Å²) in [5.41, 5.74) is 19.7. The predicted molar refractivity (Wildman–Crippen MR) is 306 cm³/mol. The fourth-order valence-electron chi connectivity index (χ4n) is 11.0. The first-order valence-corrected chi connectivity index (χ1v) is 25.0. The van der Waals surface area contributed by atoms with Crippen LogP contribution in [0.2, 0.25) is 0 Å². The van der Waals surface area contributed by atoms with Crippen molar-refractivity contribution < 1.29 is 0 Å². The first kappa shape index (κ1) is 42.8. The number of hydrogen-bond donors (Lipinski definition) is 0. The zero-order valence-corrected chi connectivity index (χ0v) is 39.8. The molecule has 2 nitrogen and oxygen atoms in total. The van der Waals surface area contributed by atoms with Crippen LogP contribution in [-0.2, 0) is 0 Å². The van der Waals surface area contributed by atoms with Crippen molar-refractivity contribution in [1.29, 1.82) is 0 Å². The van der Waals surface area contributed by atoms with E-state index in [1.54, 1.807) is 0 Å². The van der Waals surface area contributed by atoms with Gasteiger partial charge in [-0.25, -0.2) is 0 Å². The van der Waals surface area contributed by atoms with E-state index in [9.17, 15) is 0 Å². The second-order valence-electron chi connectivity index (χ2n) is 18.8. The van der Waals surface area contributed by atoms with E-state index < -0.39 is 0 Å². The lowest BCUT2D eigenvalue weighted by Gasteiger charge is -2.29. The van der Waals surface area contributed by atoms with Crippen LogP contribution < -0.4 is 4.90 Å². The summed E-state index contributed by atoms with van der Waals surface area (Å²) in [5.74, 6) is 0.422. The molecule has 11 aromatic carbocycles. The molecule has 1 aliphatic rings. The van der Waals surface area contributed by atoms with Gasteiger partial charge in [0.2, 0.25) is 0 Å². The Morgan fingerprint density at radius 2 is 0.944 bits per heavy atom. The van der Waals surface area contributed by atoms with Crippen molar-refractivity contribution in [2.24, 2.45) is 0 Å². The predicted octanol–water partition coefficient (Wildman–Crippen LogP) is 19.3. The Morgan fingerprint density at radius 1 is 0.361 bits per heavy atom. The van der Waals surface area contributed by atoms with E-state index in [-0.39, 0.29) is 0 Å². The molecule has 0 fully saturated rings. The molecule has 0 aliphatic heterocycles. The highest BCUT2D eigenvalue weighted by molar-refractivity contribution is 6.22. The van der Waals surface area contributed by atoms with Crippen LogP contribution in [0.3, 0.4) is 0 Å². The minimum absolute atomic E-state index is 0.422. The molecule has 0 saturated heterocycles. The van der Waals surface area contributed by atoms with Crippen molar-refractivity contribution in [1.82, 2.24) is 4.57 Å². The summed E-state index contributed by atoms with van der Waals surface area (Å²) in [6.07, 6.45) is 9.90. The fraction of sp³-hybridized carbons (Fsp3) is 0.0286. The summed E-state index contributed by atoms with van der Waals surface area (Å²) in [5, 5.41) is 5.00. The highest BCUT2D eigenvalue weighted by Crippen LogP contribution is 2.47. The quantitative estimate of drug-likeness (QED) is 0.133. The van der Waals surface area contributed by atoms with Crippen LogP contribution in [0.4, 0.5) is 17.1 Å². The maximum atomic E-state index is 2.52. The van der Waals surface area contributed by atoms with Crippen LogP contribution >= 0.6 is 0 Å². The van der Waals surface area contributed by atoms with Crippen LogP contribution in [0, 0.1) is 0 Å². The van der Waals surface area contributed by atoms with E-state index in [2.05, 4.69) is 295 Å². The molecule has 12 aromatic rings. The molecular formula is C70H50N2. The second-order valence-corrected chi connectivity index (χ2v) is 18.8. The molecule has 0 N–H and O–H groups in total. The molecular weight excluding hydrogens is 869 g/mol. The van der Waals surface area contributed by atoms with Crippen LogP contribution in [0.5, 0.6) is 0 Å². The topological polar surface area (TPSA) is 8.17 Å². The third kappa shape index (κ3) is 7.80. The smallest absolute Gasteiger partial charge is 0.0618 e. The average Bonchev–Trinajstić information content (AvgIpc) is 3.81. The third-order valence-corrected chi connectivity index (χ3v) is 14.5. The maximum Gasteiger partial charge on any atom is 0.0618 e. The number of aromatic nitrogens is 1. The number of nitrogens with zero attached hydrogens (tertiary/aromatic N) is 2. The van der Waals surface area contributed by atoms with E-state index in [1.807, 2.05) is 0 Å². The lowest BCUT2D eigenvalue weighted by molar-refractivity contribution is 0.854. The van der Waals surface area contributed by atoms with E-state index in [1.165, 1.54) is 66.0 Å². The van der Waals surface area contributed by atoms with Crippen LogP contribution in [-0.4, -0.2) is 4.57 Å². The molecule has 0 bridgehead atoms. The molecule has 2 heteroatoms. The fourth-order valence-corrected chi connectivity index (χ4v) is 11.0. The van der Waals surface area contributed by atoms with Crippen molar-refractivity contribution in [3.8, 4) is 61.3 Å². The molecule has 1 atom stereocenters. The van der Waals surface area contributed by atoms with Gasteiger partial charge < -0.3 is 9.47 Å². The van der Waals surface area contributed by atoms with Crippen molar-refractivity contribution in [3.63, 3.8) is 0 Å². The van der Waals surface area contributed by atoms with E-state index in [4.69, 9.17) is 0 Å². The molecule has 1 unspecified atom stereocenters. The van der Waals surface area contributed by atoms with Gasteiger partial charge in [-0.2, -0.15) is 0 Å². The molecule has 1 heterocycles. The zero-order valence-electron chi connectivity index (χ0n) is 39.8. The number of allylic oxidation sites excluding steroid dienone is 4.